The lowest BCUT2D eigenvalue weighted by atomic mass is 10.1. The second kappa shape index (κ2) is 8.89. The van der Waals surface area contributed by atoms with E-state index in [0.29, 0.717) is 12.1 Å². The number of hydrogen-bond donors (Lipinski definition) is 2. The van der Waals surface area contributed by atoms with Gasteiger partial charge in [-0.25, -0.2) is 0 Å². The molecule has 1 heterocycles. The number of aliphatic hydroxyl groups excluding tert-OH is 1. The van der Waals surface area contributed by atoms with Gasteiger partial charge < -0.3 is 20.2 Å². The molecule has 5 nitrogen and oxygen atoms in total. The molecule has 0 radical (unpaired) electrons. The number of nitrogens with one attached hydrogen (secondary N) is 1. The van der Waals surface area contributed by atoms with Gasteiger partial charge in [0.1, 0.15) is 0 Å². The fourth-order valence-electron chi connectivity index (χ4n) is 2.80. The molecule has 2 rings (SSSR count). The first-order chi connectivity index (χ1) is 11.1. The molecule has 0 saturated carbocycles. The zero-order valence-corrected chi connectivity index (χ0v) is 14.3. The summed E-state index contributed by atoms with van der Waals surface area (Å²) in [4.78, 5) is 16.6. The first-order valence-corrected chi connectivity index (χ1v) is 8.60. The molecule has 0 unspecified atom stereocenters. The smallest absolute Gasteiger partial charge is 0.251 e. The number of carbonyl (C=O) groups is 1. The van der Waals surface area contributed by atoms with E-state index in [9.17, 15) is 9.90 Å². The van der Waals surface area contributed by atoms with E-state index in [1.165, 1.54) is 0 Å². The van der Waals surface area contributed by atoms with E-state index in [1.807, 2.05) is 31.3 Å². The Morgan fingerprint density at radius 3 is 2.57 bits per heavy atom. The number of benzene rings is 1. The van der Waals surface area contributed by atoms with E-state index in [1.54, 1.807) is 0 Å². The van der Waals surface area contributed by atoms with Crippen molar-refractivity contribution in [1.82, 2.24) is 10.2 Å². The molecule has 1 saturated heterocycles. The maximum atomic E-state index is 12.1. The normalized spacial score (nSPS) is 16.3. The van der Waals surface area contributed by atoms with Crippen LogP contribution in [0.1, 0.15) is 36.5 Å². The van der Waals surface area contributed by atoms with Crippen molar-refractivity contribution in [3.8, 4) is 0 Å². The molecule has 1 fully saturated rings. The highest BCUT2D eigenvalue weighted by molar-refractivity contribution is 5.94. The van der Waals surface area contributed by atoms with Gasteiger partial charge in [0, 0.05) is 44.5 Å². The summed E-state index contributed by atoms with van der Waals surface area (Å²) < 4.78 is 0. The van der Waals surface area contributed by atoms with Crippen LogP contribution in [0, 0.1) is 0 Å². The third-order valence-electron chi connectivity index (χ3n) is 4.54. The number of amides is 1. The average Bonchev–Trinajstić information content (AvgIpc) is 2.59. The van der Waals surface area contributed by atoms with Crippen molar-refractivity contribution in [2.45, 2.75) is 32.3 Å². The number of hydrogen-bond acceptors (Lipinski definition) is 4. The zero-order valence-electron chi connectivity index (χ0n) is 14.3. The SMILES string of the molecule is CCN(C)c1ccc(C(=O)NCCCN2CCC(O)CC2)cc1. The number of anilines is 1. The fourth-order valence-corrected chi connectivity index (χ4v) is 2.80. The van der Waals surface area contributed by atoms with Gasteiger partial charge in [0.25, 0.3) is 5.91 Å². The molecule has 1 aromatic carbocycles. The molecule has 1 amide bonds. The number of nitrogens with zero attached hydrogens (tertiary/aromatic N) is 2. The van der Waals surface area contributed by atoms with Gasteiger partial charge in [0.15, 0.2) is 0 Å². The zero-order chi connectivity index (χ0) is 16.7. The monoisotopic (exact) mass is 319 g/mol. The maximum absolute atomic E-state index is 12.1. The van der Waals surface area contributed by atoms with Crippen LogP contribution >= 0.6 is 0 Å². The summed E-state index contributed by atoms with van der Waals surface area (Å²) >= 11 is 0. The van der Waals surface area contributed by atoms with Crippen molar-refractivity contribution in [1.29, 1.82) is 0 Å². The summed E-state index contributed by atoms with van der Waals surface area (Å²) in [7, 11) is 2.04. The minimum Gasteiger partial charge on any atom is -0.393 e. The second-order valence-electron chi connectivity index (χ2n) is 6.24. The first-order valence-electron chi connectivity index (χ1n) is 8.60. The van der Waals surface area contributed by atoms with E-state index in [0.717, 1.165) is 51.1 Å². The van der Waals surface area contributed by atoms with Gasteiger partial charge in [-0.05, 0) is 57.0 Å². The van der Waals surface area contributed by atoms with E-state index in [-0.39, 0.29) is 12.0 Å². The standard InChI is InChI=1S/C18H29N3O2/c1-3-20(2)16-7-5-15(6-8-16)18(23)19-11-4-12-21-13-9-17(22)10-14-21/h5-8,17,22H,3-4,9-14H2,1-2H3,(H,19,23). The lowest BCUT2D eigenvalue weighted by molar-refractivity contribution is 0.0816. The highest BCUT2D eigenvalue weighted by atomic mass is 16.3. The van der Waals surface area contributed by atoms with E-state index in [4.69, 9.17) is 0 Å². The number of likely N-dealkylation sites (tertiary alicyclic amines) is 1. The quantitative estimate of drug-likeness (QED) is 0.752. The predicted octanol–water partition coefficient (Wildman–Crippen LogP) is 1.72. The van der Waals surface area contributed by atoms with Crippen molar-refractivity contribution >= 4 is 11.6 Å². The third kappa shape index (κ3) is 5.52. The molecular weight excluding hydrogens is 290 g/mol. The molecule has 0 spiro atoms. The van der Waals surface area contributed by atoms with E-state index in [2.05, 4.69) is 22.0 Å². The Bertz CT molecular complexity index is 482. The summed E-state index contributed by atoms with van der Waals surface area (Å²) in [5.41, 5.74) is 1.83. The highest BCUT2D eigenvalue weighted by Gasteiger charge is 2.16. The minimum atomic E-state index is -0.124. The van der Waals surface area contributed by atoms with Crippen LogP contribution in [0.3, 0.4) is 0 Å². The van der Waals surface area contributed by atoms with Crippen molar-refractivity contribution in [2.24, 2.45) is 0 Å². The van der Waals surface area contributed by atoms with Gasteiger partial charge in [-0.2, -0.15) is 0 Å². The molecule has 1 aromatic rings. The molecule has 1 aliphatic rings. The van der Waals surface area contributed by atoms with Gasteiger partial charge in [0.05, 0.1) is 6.10 Å². The Hall–Kier alpha value is -1.59. The van der Waals surface area contributed by atoms with Crippen LogP contribution in [-0.4, -0.2) is 61.8 Å². The van der Waals surface area contributed by atoms with Gasteiger partial charge in [-0.3, -0.25) is 4.79 Å². The Morgan fingerprint density at radius 1 is 1.30 bits per heavy atom. The van der Waals surface area contributed by atoms with Gasteiger partial charge >= 0.3 is 0 Å². The van der Waals surface area contributed by atoms with Crippen molar-refractivity contribution < 1.29 is 9.90 Å². The number of piperidine rings is 1. The Kier molecular flexibility index (Phi) is 6.86. The molecule has 5 heteroatoms. The Balaban J connectivity index is 1.68. The second-order valence-corrected chi connectivity index (χ2v) is 6.24. The third-order valence-corrected chi connectivity index (χ3v) is 4.54. The fraction of sp³-hybridized carbons (Fsp3) is 0.611. The molecule has 1 aliphatic heterocycles. The van der Waals surface area contributed by atoms with Crippen LogP contribution in [0.25, 0.3) is 0 Å². The van der Waals surface area contributed by atoms with Gasteiger partial charge in [-0.15, -0.1) is 0 Å². The van der Waals surface area contributed by atoms with E-state index < -0.39 is 0 Å². The van der Waals surface area contributed by atoms with Crippen LogP contribution in [-0.2, 0) is 0 Å². The topological polar surface area (TPSA) is 55.8 Å². The van der Waals surface area contributed by atoms with E-state index >= 15 is 0 Å². The molecule has 128 valence electrons. The van der Waals surface area contributed by atoms with Crippen molar-refractivity contribution in [3.05, 3.63) is 29.8 Å². The summed E-state index contributed by atoms with van der Waals surface area (Å²) in [6, 6.07) is 7.72. The maximum Gasteiger partial charge on any atom is 0.251 e. The predicted molar refractivity (Wildman–Crippen MR) is 94.0 cm³/mol. The molecule has 0 bridgehead atoms. The molecule has 2 N–H and O–H groups in total. The lowest BCUT2D eigenvalue weighted by Crippen LogP contribution is -2.37. The summed E-state index contributed by atoms with van der Waals surface area (Å²) in [6.45, 7) is 6.63. The molecule has 0 aromatic heterocycles. The van der Waals surface area contributed by atoms with Crippen molar-refractivity contribution in [3.63, 3.8) is 0 Å². The molecule has 0 aliphatic carbocycles. The molecule has 0 atom stereocenters. The number of rotatable bonds is 7. The minimum absolute atomic E-state index is 0.00947. The summed E-state index contributed by atoms with van der Waals surface area (Å²) in [6.07, 6.45) is 2.55. The Labute approximate surface area is 139 Å². The number of aliphatic hydroxyl groups is 1. The molecular formula is C18H29N3O2. The van der Waals surface area contributed by atoms with Crippen LogP contribution in [0.15, 0.2) is 24.3 Å². The molecule has 23 heavy (non-hydrogen) atoms. The van der Waals surface area contributed by atoms with Crippen molar-refractivity contribution in [2.75, 3.05) is 44.7 Å². The van der Waals surface area contributed by atoms with Crippen LogP contribution < -0.4 is 10.2 Å². The highest BCUT2D eigenvalue weighted by Crippen LogP contribution is 2.13. The summed E-state index contributed by atoms with van der Waals surface area (Å²) in [5, 5.41) is 12.5. The average molecular weight is 319 g/mol. The summed E-state index contributed by atoms with van der Waals surface area (Å²) in [5.74, 6) is -0.00947. The van der Waals surface area contributed by atoms with Gasteiger partial charge in [-0.1, -0.05) is 0 Å². The van der Waals surface area contributed by atoms with Crippen LogP contribution in [0.4, 0.5) is 5.69 Å². The van der Waals surface area contributed by atoms with Gasteiger partial charge in [0.2, 0.25) is 0 Å². The Morgan fingerprint density at radius 2 is 1.96 bits per heavy atom. The van der Waals surface area contributed by atoms with Crippen LogP contribution in [0.2, 0.25) is 0 Å². The first kappa shape index (κ1) is 17.8. The van der Waals surface area contributed by atoms with Crippen LogP contribution in [0.5, 0.6) is 0 Å². The largest absolute Gasteiger partial charge is 0.393 e. The lowest BCUT2D eigenvalue weighted by Gasteiger charge is -2.29. The number of carbonyl (C=O) groups excluding carboxylic acids is 1.